The van der Waals surface area contributed by atoms with Crippen molar-refractivity contribution in [1.82, 2.24) is 9.55 Å². The highest BCUT2D eigenvalue weighted by atomic mass is 32.1. The number of thiophene rings is 1. The fraction of sp³-hybridized carbons (Fsp3) is 0.500. The van der Waals surface area contributed by atoms with E-state index in [0.717, 1.165) is 24.7 Å². The number of nitrogens with zero attached hydrogens (tertiary/aromatic N) is 2. The van der Waals surface area contributed by atoms with Crippen molar-refractivity contribution in [2.75, 3.05) is 19.0 Å². The highest BCUT2D eigenvalue weighted by molar-refractivity contribution is 7.12. The van der Waals surface area contributed by atoms with E-state index in [0.29, 0.717) is 6.61 Å². The van der Waals surface area contributed by atoms with Crippen LogP contribution in [0.15, 0.2) is 12.3 Å². The molecular formula is C14H21N3OS. The number of ether oxygens (including phenoxy) is 1. The van der Waals surface area contributed by atoms with E-state index >= 15 is 0 Å². The lowest BCUT2D eigenvalue weighted by Crippen LogP contribution is -2.09. The first-order chi connectivity index (χ1) is 9.10. The van der Waals surface area contributed by atoms with E-state index < -0.39 is 0 Å². The summed E-state index contributed by atoms with van der Waals surface area (Å²) >= 11 is 1.84. The highest BCUT2D eigenvalue weighted by Gasteiger charge is 2.06. The van der Waals surface area contributed by atoms with Crippen molar-refractivity contribution >= 4 is 17.3 Å². The Hall–Kier alpha value is -1.33. The van der Waals surface area contributed by atoms with Crippen molar-refractivity contribution in [3.63, 3.8) is 0 Å². The average Bonchev–Trinajstić information content (AvgIpc) is 2.88. The van der Waals surface area contributed by atoms with Gasteiger partial charge in [-0.15, -0.1) is 11.3 Å². The molecule has 0 aromatic carbocycles. The molecule has 0 aliphatic heterocycles. The molecule has 0 fully saturated rings. The van der Waals surface area contributed by atoms with Gasteiger partial charge >= 0.3 is 0 Å². The van der Waals surface area contributed by atoms with E-state index in [1.807, 2.05) is 24.5 Å². The Morgan fingerprint density at radius 2 is 2.16 bits per heavy atom. The zero-order valence-electron chi connectivity index (χ0n) is 12.0. The molecule has 0 saturated carbocycles. The van der Waals surface area contributed by atoms with Crippen LogP contribution in [0.1, 0.15) is 21.0 Å². The molecule has 2 rings (SSSR count). The third-order valence-electron chi connectivity index (χ3n) is 3.07. The van der Waals surface area contributed by atoms with Gasteiger partial charge in [-0.05, 0) is 32.4 Å². The smallest absolute Gasteiger partial charge is 0.203 e. The molecule has 0 unspecified atom stereocenters. The van der Waals surface area contributed by atoms with Gasteiger partial charge < -0.3 is 14.6 Å². The molecule has 19 heavy (non-hydrogen) atoms. The Bertz CT molecular complexity index is 525. The monoisotopic (exact) mass is 279 g/mol. The van der Waals surface area contributed by atoms with Crippen molar-refractivity contribution in [2.45, 2.75) is 33.9 Å². The maximum atomic E-state index is 5.12. The molecule has 1 N–H and O–H groups in total. The van der Waals surface area contributed by atoms with Crippen molar-refractivity contribution in [2.24, 2.45) is 0 Å². The van der Waals surface area contributed by atoms with E-state index in [9.17, 15) is 0 Å². The first-order valence-electron chi connectivity index (χ1n) is 6.42. The van der Waals surface area contributed by atoms with Crippen LogP contribution in [0.3, 0.4) is 0 Å². The van der Waals surface area contributed by atoms with Gasteiger partial charge in [0.2, 0.25) is 5.95 Å². The van der Waals surface area contributed by atoms with Crippen LogP contribution < -0.4 is 5.32 Å². The highest BCUT2D eigenvalue weighted by Crippen LogP contribution is 2.21. The molecule has 5 heteroatoms. The number of methoxy groups -OCH3 is 1. The minimum absolute atomic E-state index is 0.696. The molecule has 0 aliphatic carbocycles. The molecule has 2 aromatic rings. The van der Waals surface area contributed by atoms with E-state index in [1.54, 1.807) is 7.11 Å². The summed E-state index contributed by atoms with van der Waals surface area (Å²) in [6.07, 6.45) is 2.05. The molecular weight excluding hydrogens is 258 g/mol. The summed E-state index contributed by atoms with van der Waals surface area (Å²) < 4.78 is 7.22. The van der Waals surface area contributed by atoms with Gasteiger partial charge in [-0.2, -0.15) is 0 Å². The molecule has 0 atom stereocenters. The Morgan fingerprint density at radius 3 is 2.79 bits per heavy atom. The summed E-state index contributed by atoms with van der Waals surface area (Å²) in [5.41, 5.74) is 2.39. The topological polar surface area (TPSA) is 39.1 Å². The maximum Gasteiger partial charge on any atom is 0.203 e. The molecule has 2 aromatic heterocycles. The predicted molar refractivity (Wildman–Crippen MR) is 80.0 cm³/mol. The number of rotatable bonds is 6. The fourth-order valence-electron chi connectivity index (χ4n) is 1.95. The SMILES string of the molecule is COCCn1cc(C)nc1NCc1cc(C)c(C)s1. The number of hydrogen-bond acceptors (Lipinski definition) is 4. The first kappa shape index (κ1) is 14.1. The van der Waals surface area contributed by atoms with Crippen molar-refractivity contribution in [3.8, 4) is 0 Å². The summed E-state index contributed by atoms with van der Waals surface area (Å²) in [6.45, 7) is 8.66. The number of nitrogens with one attached hydrogen (secondary N) is 1. The quantitative estimate of drug-likeness (QED) is 0.883. The number of aryl methyl sites for hydroxylation is 3. The molecule has 0 amide bonds. The molecule has 104 valence electrons. The fourth-order valence-corrected chi connectivity index (χ4v) is 2.94. The van der Waals surface area contributed by atoms with Gasteiger partial charge in [0.15, 0.2) is 0 Å². The summed E-state index contributed by atoms with van der Waals surface area (Å²) in [4.78, 5) is 7.24. The van der Waals surface area contributed by atoms with Gasteiger partial charge in [0.25, 0.3) is 0 Å². The van der Waals surface area contributed by atoms with Crippen LogP contribution in [0.25, 0.3) is 0 Å². The number of imidazole rings is 1. The number of aromatic nitrogens is 2. The zero-order valence-corrected chi connectivity index (χ0v) is 12.8. The maximum absolute atomic E-state index is 5.12. The predicted octanol–water partition coefficient (Wildman–Crippen LogP) is 3.13. The minimum Gasteiger partial charge on any atom is -0.383 e. The van der Waals surface area contributed by atoms with E-state index in [2.05, 4.69) is 34.8 Å². The zero-order chi connectivity index (χ0) is 13.8. The van der Waals surface area contributed by atoms with Gasteiger partial charge in [-0.25, -0.2) is 4.98 Å². The third kappa shape index (κ3) is 3.58. The summed E-state index contributed by atoms with van der Waals surface area (Å²) in [7, 11) is 1.72. The Labute approximate surface area is 118 Å². The molecule has 0 spiro atoms. The lowest BCUT2D eigenvalue weighted by atomic mass is 10.3. The van der Waals surface area contributed by atoms with Crippen LogP contribution >= 0.6 is 11.3 Å². The van der Waals surface area contributed by atoms with Crippen LogP contribution in [0.4, 0.5) is 5.95 Å². The van der Waals surface area contributed by atoms with Crippen LogP contribution in [-0.4, -0.2) is 23.3 Å². The average molecular weight is 279 g/mol. The standard InChI is InChI=1S/C14H21N3OS/c1-10-7-13(19-12(10)3)8-15-14-16-11(2)9-17(14)5-6-18-4/h7,9H,5-6,8H2,1-4H3,(H,15,16). The Kier molecular flexibility index (Phi) is 4.61. The second kappa shape index (κ2) is 6.21. The van der Waals surface area contributed by atoms with Gasteiger partial charge in [-0.1, -0.05) is 0 Å². The normalized spacial score (nSPS) is 10.9. The lowest BCUT2D eigenvalue weighted by molar-refractivity contribution is 0.187. The molecule has 0 saturated heterocycles. The third-order valence-corrected chi connectivity index (χ3v) is 4.22. The van der Waals surface area contributed by atoms with E-state index in [4.69, 9.17) is 4.74 Å². The molecule has 0 radical (unpaired) electrons. The number of hydrogen-bond donors (Lipinski definition) is 1. The Balaban J connectivity index is 2.02. The second-order valence-electron chi connectivity index (χ2n) is 4.70. The van der Waals surface area contributed by atoms with Gasteiger partial charge in [-0.3, -0.25) is 0 Å². The van der Waals surface area contributed by atoms with Crippen molar-refractivity contribution in [3.05, 3.63) is 33.3 Å². The second-order valence-corrected chi connectivity index (χ2v) is 6.04. The van der Waals surface area contributed by atoms with Crippen molar-refractivity contribution in [1.29, 1.82) is 0 Å². The van der Waals surface area contributed by atoms with E-state index in [1.165, 1.54) is 15.3 Å². The minimum atomic E-state index is 0.696. The summed E-state index contributed by atoms with van der Waals surface area (Å²) in [5, 5.41) is 3.41. The lowest BCUT2D eigenvalue weighted by Gasteiger charge is -2.08. The number of anilines is 1. The molecule has 0 bridgehead atoms. The Morgan fingerprint density at radius 1 is 1.37 bits per heavy atom. The molecule has 0 aliphatic rings. The van der Waals surface area contributed by atoms with Gasteiger partial charge in [0.1, 0.15) is 0 Å². The van der Waals surface area contributed by atoms with Crippen LogP contribution in [0.2, 0.25) is 0 Å². The van der Waals surface area contributed by atoms with E-state index in [-0.39, 0.29) is 0 Å². The summed E-state index contributed by atoms with van der Waals surface area (Å²) in [5.74, 6) is 0.915. The largest absolute Gasteiger partial charge is 0.383 e. The molecule has 4 nitrogen and oxygen atoms in total. The van der Waals surface area contributed by atoms with Crippen LogP contribution in [0.5, 0.6) is 0 Å². The van der Waals surface area contributed by atoms with Crippen LogP contribution in [0, 0.1) is 20.8 Å². The van der Waals surface area contributed by atoms with Gasteiger partial charge in [0, 0.05) is 29.6 Å². The molecule has 2 heterocycles. The van der Waals surface area contributed by atoms with Gasteiger partial charge in [0.05, 0.1) is 18.8 Å². The van der Waals surface area contributed by atoms with Crippen molar-refractivity contribution < 1.29 is 4.74 Å². The first-order valence-corrected chi connectivity index (χ1v) is 7.24. The van der Waals surface area contributed by atoms with Crippen LogP contribution in [-0.2, 0) is 17.8 Å². The summed E-state index contributed by atoms with van der Waals surface area (Å²) in [6, 6.07) is 2.24.